The Balaban J connectivity index is 1.78. The molecule has 2 N–H and O–H groups in total. The molecule has 2 rings (SSSR count). The zero-order valence-electron chi connectivity index (χ0n) is 12.3. The number of nitrogens with one attached hydrogen (secondary N) is 2. The first-order valence-corrected chi connectivity index (χ1v) is 9.04. The Hall–Kier alpha value is -0.660. The van der Waals surface area contributed by atoms with Gasteiger partial charge in [-0.3, -0.25) is 4.79 Å². The first-order valence-electron chi connectivity index (χ1n) is 7.43. The predicted molar refractivity (Wildman–Crippen MR) is 77.7 cm³/mol. The lowest BCUT2D eigenvalue weighted by atomic mass is 9.88. The molecule has 2 aliphatic heterocycles. The molecule has 1 amide bonds. The highest BCUT2D eigenvalue weighted by Crippen LogP contribution is 2.18. The molecular formula is C13H25N3O3S. The van der Waals surface area contributed by atoms with Crippen LogP contribution in [0.3, 0.4) is 0 Å². The van der Waals surface area contributed by atoms with Crippen molar-refractivity contribution in [3.8, 4) is 0 Å². The first-order chi connectivity index (χ1) is 9.44. The van der Waals surface area contributed by atoms with Crippen LogP contribution >= 0.6 is 0 Å². The Morgan fingerprint density at radius 3 is 2.40 bits per heavy atom. The van der Waals surface area contributed by atoms with Crippen LogP contribution in [-0.4, -0.2) is 56.6 Å². The zero-order chi connectivity index (χ0) is 14.8. The van der Waals surface area contributed by atoms with Crippen molar-refractivity contribution in [1.82, 2.24) is 14.9 Å². The Labute approximate surface area is 121 Å². The van der Waals surface area contributed by atoms with E-state index in [0.29, 0.717) is 31.8 Å². The van der Waals surface area contributed by atoms with E-state index in [1.54, 1.807) is 6.92 Å². The van der Waals surface area contributed by atoms with E-state index in [2.05, 4.69) is 10.6 Å². The van der Waals surface area contributed by atoms with Crippen LogP contribution in [0.25, 0.3) is 0 Å². The monoisotopic (exact) mass is 303 g/mol. The van der Waals surface area contributed by atoms with Crippen molar-refractivity contribution in [1.29, 1.82) is 0 Å². The standard InChI is InChI=1S/C13H25N3O3S/c1-3-20(18,19)16-6-4-12(5-7-16)15-13(17)10(2)11-8-14-9-11/h10-12,14H,3-9H2,1-2H3,(H,15,17). The number of piperidine rings is 1. The van der Waals surface area contributed by atoms with Gasteiger partial charge in [0.05, 0.1) is 5.75 Å². The van der Waals surface area contributed by atoms with E-state index in [4.69, 9.17) is 0 Å². The van der Waals surface area contributed by atoms with Gasteiger partial charge in [-0.1, -0.05) is 6.92 Å². The van der Waals surface area contributed by atoms with Gasteiger partial charge in [-0.2, -0.15) is 0 Å². The molecule has 20 heavy (non-hydrogen) atoms. The molecule has 0 aromatic heterocycles. The summed E-state index contributed by atoms with van der Waals surface area (Å²) < 4.78 is 25.1. The first kappa shape index (κ1) is 15.7. The predicted octanol–water partition coefficient (Wildman–Crippen LogP) is -0.228. The molecule has 2 heterocycles. The molecule has 2 aliphatic rings. The van der Waals surface area contributed by atoms with Gasteiger partial charge in [0.25, 0.3) is 0 Å². The lowest BCUT2D eigenvalue weighted by Gasteiger charge is -2.35. The van der Waals surface area contributed by atoms with Crippen LogP contribution in [0.15, 0.2) is 0 Å². The van der Waals surface area contributed by atoms with Crippen molar-refractivity contribution in [3.63, 3.8) is 0 Å². The number of sulfonamides is 1. The zero-order valence-corrected chi connectivity index (χ0v) is 13.1. The number of nitrogens with zero attached hydrogens (tertiary/aromatic N) is 1. The third-order valence-electron chi connectivity index (χ3n) is 4.49. The molecule has 0 aliphatic carbocycles. The molecule has 0 spiro atoms. The lowest BCUT2D eigenvalue weighted by Crippen LogP contribution is -2.52. The van der Waals surface area contributed by atoms with E-state index >= 15 is 0 Å². The summed E-state index contributed by atoms with van der Waals surface area (Å²) in [5.41, 5.74) is 0. The van der Waals surface area contributed by atoms with Gasteiger partial charge in [-0.25, -0.2) is 12.7 Å². The number of carbonyl (C=O) groups is 1. The summed E-state index contributed by atoms with van der Waals surface area (Å²) in [6.45, 7) is 6.50. The molecular weight excluding hydrogens is 278 g/mol. The van der Waals surface area contributed by atoms with Gasteiger partial charge in [-0.05, 0) is 38.8 Å². The van der Waals surface area contributed by atoms with Gasteiger partial charge < -0.3 is 10.6 Å². The molecule has 0 aromatic carbocycles. The molecule has 1 unspecified atom stereocenters. The summed E-state index contributed by atoms with van der Waals surface area (Å²) in [6.07, 6.45) is 1.42. The molecule has 6 nitrogen and oxygen atoms in total. The van der Waals surface area contributed by atoms with Crippen LogP contribution in [0, 0.1) is 11.8 Å². The summed E-state index contributed by atoms with van der Waals surface area (Å²) >= 11 is 0. The van der Waals surface area contributed by atoms with Crippen molar-refractivity contribution in [3.05, 3.63) is 0 Å². The second-order valence-corrected chi connectivity index (χ2v) is 8.05. The Morgan fingerprint density at radius 1 is 1.35 bits per heavy atom. The van der Waals surface area contributed by atoms with Crippen LogP contribution in [-0.2, 0) is 14.8 Å². The minimum absolute atomic E-state index is 0.0358. The molecule has 2 fully saturated rings. The van der Waals surface area contributed by atoms with Crippen molar-refractivity contribution < 1.29 is 13.2 Å². The third-order valence-corrected chi connectivity index (χ3v) is 6.37. The Bertz CT molecular complexity index is 440. The van der Waals surface area contributed by atoms with Crippen LogP contribution in [0.5, 0.6) is 0 Å². The summed E-state index contributed by atoms with van der Waals surface area (Å²) in [7, 11) is -3.09. The van der Waals surface area contributed by atoms with Gasteiger partial charge in [0.2, 0.25) is 15.9 Å². The largest absolute Gasteiger partial charge is 0.353 e. The smallest absolute Gasteiger partial charge is 0.223 e. The van der Waals surface area contributed by atoms with Crippen molar-refractivity contribution >= 4 is 15.9 Å². The van der Waals surface area contributed by atoms with Crippen molar-refractivity contribution in [2.75, 3.05) is 31.9 Å². The minimum atomic E-state index is -3.09. The van der Waals surface area contributed by atoms with E-state index in [1.165, 1.54) is 4.31 Å². The van der Waals surface area contributed by atoms with E-state index < -0.39 is 10.0 Å². The SMILES string of the molecule is CCS(=O)(=O)N1CCC(NC(=O)C(C)C2CNC2)CC1. The fourth-order valence-electron chi connectivity index (χ4n) is 2.67. The summed E-state index contributed by atoms with van der Waals surface area (Å²) in [5, 5.41) is 6.25. The quantitative estimate of drug-likeness (QED) is 0.735. The maximum atomic E-state index is 12.1. The molecule has 0 radical (unpaired) electrons. The number of amides is 1. The van der Waals surface area contributed by atoms with Crippen LogP contribution in [0.4, 0.5) is 0 Å². The van der Waals surface area contributed by atoms with Gasteiger partial charge in [0.15, 0.2) is 0 Å². The van der Waals surface area contributed by atoms with Crippen LogP contribution < -0.4 is 10.6 Å². The van der Waals surface area contributed by atoms with Crippen molar-refractivity contribution in [2.24, 2.45) is 11.8 Å². The van der Waals surface area contributed by atoms with Gasteiger partial charge in [0, 0.05) is 25.0 Å². The number of carbonyl (C=O) groups excluding carboxylic acids is 1. The average Bonchev–Trinajstić information content (AvgIpc) is 2.37. The molecule has 0 bridgehead atoms. The molecule has 0 saturated carbocycles. The maximum Gasteiger partial charge on any atom is 0.223 e. The fraction of sp³-hybridized carbons (Fsp3) is 0.923. The second kappa shape index (κ2) is 6.41. The van der Waals surface area contributed by atoms with Crippen molar-refractivity contribution in [2.45, 2.75) is 32.7 Å². The van der Waals surface area contributed by atoms with Gasteiger partial charge in [-0.15, -0.1) is 0 Å². The molecule has 1 atom stereocenters. The normalized spacial score (nSPS) is 24.1. The second-order valence-electron chi connectivity index (χ2n) is 5.79. The van der Waals surface area contributed by atoms with E-state index in [1.807, 2.05) is 6.92 Å². The summed E-state index contributed by atoms with van der Waals surface area (Å²) in [6, 6.07) is 0.112. The number of hydrogen-bond acceptors (Lipinski definition) is 4. The van der Waals surface area contributed by atoms with Crippen LogP contribution in [0.1, 0.15) is 26.7 Å². The number of hydrogen-bond donors (Lipinski definition) is 2. The highest BCUT2D eigenvalue weighted by molar-refractivity contribution is 7.89. The molecule has 0 aromatic rings. The van der Waals surface area contributed by atoms with E-state index in [0.717, 1.165) is 13.1 Å². The maximum absolute atomic E-state index is 12.1. The number of rotatable bonds is 5. The topological polar surface area (TPSA) is 78.5 Å². The highest BCUT2D eigenvalue weighted by Gasteiger charge is 2.32. The Kier molecular flexibility index (Phi) is 5.04. The molecule has 7 heteroatoms. The highest BCUT2D eigenvalue weighted by atomic mass is 32.2. The average molecular weight is 303 g/mol. The summed E-state index contributed by atoms with van der Waals surface area (Å²) in [4.78, 5) is 12.1. The van der Waals surface area contributed by atoms with Crippen LogP contribution in [0.2, 0.25) is 0 Å². The Morgan fingerprint density at radius 2 is 1.95 bits per heavy atom. The lowest BCUT2D eigenvalue weighted by molar-refractivity contribution is -0.127. The van der Waals surface area contributed by atoms with Gasteiger partial charge in [0.1, 0.15) is 0 Å². The van der Waals surface area contributed by atoms with Gasteiger partial charge >= 0.3 is 0 Å². The molecule has 2 saturated heterocycles. The third kappa shape index (κ3) is 3.51. The fourth-order valence-corrected chi connectivity index (χ4v) is 3.80. The minimum Gasteiger partial charge on any atom is -0.353 e. The van der Waals surface area contributed by atoms with E-state index in [9.17, 15) is 13.2 Å². The molecule has 116 valence electrons. The summed E-state index contributed by atoms with van der Waals surface area (Å²) in [5.74, 6) is 0.730. The van der Waals surface area contributed by atoms with E-state index in [-0.39, 0.29) is 23.6 Å².